The molecule has 0 N–H and O–H groups in total. The van der Waals surface area contributed by atoms with Crippen molar-refractivity contribution in [3.05, 3.63) is 205 Å². The van der Waals surface area contributed by atoms with Crippen LogP contribution < -0.4 is 0 Å². The van der Waals surface area contributed by atoms with E-state index in [0.717, 1.165) is 0 Å². The molecule has 0 nitrogen and oxygen atoms in total. The fraction of sp³-hybridized carbons (Fsp3) is 0.0545. The second-order valence-corrected chi connectivity index (χ2v) is 15.6. The van der Waals surface area contributed by atoms with Crippen molar-refractivity contribution >= 4 is 43.1 Å². The van der Waals surface area contributed by atoms with Crippen LogP contribution in [0, 0.1) is 0 Å². The van der Waals surface area contributed by atoms with Gasteiger partial charge in [0.05, 0.1) is 0 Å². The minimum absolute atomic E-state index is 0.134. The molecule has 0 saturated heterocycles. The molecule has 11 rings (SSSR count). The third kappa shape index (κ3) is 4.71. The highest BCUT2D eigenvalue weighted by molar-refractivity contribution is 6.23. The lowest BCUT2D eigenvalue weighted by atomic mass is 9.77. The normalized spacial score (nSPS) is 13.1. The zero-order valence-electron chi connectivity index (χ0n) is 31.0. The molecule has 10 aromatic rings. The third-order valence-corrected chi connectivity index (χ3v) is 12.2. The molecule has 1 aliphatic rings. The van der Waals surface area contributed by atoms with Crippen LogP contribution in [-0.2, 0) is 5.41 Å². The topological polar surface area (TPSA) is 0 Å². The maximum absolute atomic E-state index is 2.40. The smallest absolute Gasteiger partial charge is 0.0171 e. The van der Waals surface area contributed by atoms with Crippen molar-refractivity contribution in [2.75, 3.05) is 0 Å². The number of hydrogen-bond acceptors (Lipinski definition) is 0. The van der Waals surface area contributed by atoms with Gasteiger partial charge in [-0.3, -0.25) is 0 Å². The number of benzene rings is 10. The monoisotopic (exact) mass is 698 g/mol. The Morgan fingerprint density at radius 3 is 1.38 bits per heavy atom. The highest BCUT2D eigenvalue weighted by atomic mass is 14.4. The average molecular weight is 699 g/mol. The van der Waals surface area contributed by atoms with Crippen molar-refractivity contribution < 1.29 is 0 Å². The van der Waals surface area contributed by atoms with E-state index in [0.29, 0.717) is 0 Å². The molecule has 55 heavy (non-hydrogen) atoms. The van der Waals surface area contributed by atoms with Gasteiger partial charge in [-0.25, -0.2) is 0 Å². The van der Waals surface area contributed by atoms with Crippen LogP contribution in [0.15, 0.2) is 194 Å². The van der Waals surface area contributed by atoms with Crippen molar-refractivity contribution in [1.29, 1.82) is 0 Å². The van der Waals surface area contributed by atoms with Crippen molar-refractivity contribution in [2.24, 2.45) is 0 Å². The Bertz CT molecular complexity index is 3100. The summed E-state index contributed by atoms with van der Waals surface area (Å²) in [5, 5.41) is 10.2. The maximum Gasteiger partial charge on any atom is 0.0171 e. The minimum atomic E-state index is -0.134. The van der Waals surface area contributed by atoms with E-state index in [-0.39, 0.29) is 5.41 Å². The van der Waals surface area contributed by atoms with E-state index >= 15 is 0 Å². The highest BCUT2D eigenvalue weighted by Crippen LogP contribution is 2.54. The number of hydrogen-bond donors (Lipinski definition) is 0. The molecule has 0 amide bonds. The van der Waals surface area contributed by atoms with Gasteiger partial charge in [-0.15, -0.1) is 0 Å². The molecule has 0 aromatic heterocycles. The van der Waals surface area contributed by atoms with Gasteiger partial charge in [0.1, 0.15) is 0 Å². The second kappa shape index (κ2) is 12.1. The van der Waals surface area contributed by atoms with Crippen molar-refractivity contribution in [3.63, 3.8) is 0 Å². The first kappa shape index (κ1) is 31.7. The van der Waals surface area contributed by atoms with E-state index < -0.39 is 0 Å². The van der Waals surface area contributed by atoms with Crippen molar-refractivity contribution in [3.8, 4) is 55.6 Å². The summed E-state index contributed by atoms with van der Waals surface area (Å²) in [5.41, 5.74) is 15.5. The zero-order chi connectivity index (χ0) is 36.7. The Labute approximate surface area is 322 Å². The first-order valence-corrected chi connectivity index (χ1v) is 19.4. The molecule has 0 spiro atoms. The predicted octanol–water partition coefficient (Wildman–Crippen LogP) is 15.3. The summed E-state index contributed by atoms with van der Waals surface area (Å²) in [4.78, 5) is 0. The Morgan fingerprint density at radius 2 is 0.691 bits per heavy atom. The van der Waals surface area contributed by atoms with E-state index in [1.54, 1.807) is 0 Å². The van der Waals surface area contributed by atoms with Gasteiger partial charge in [0.15, 0.2) is 0 Å². The van der Waals surface area contributed by atoms with Gasteiger partial charge in [0.2, 0.25) is 0 Å². The molecule has 0 fully saturated rings. The molecule has 258 valence electrons. The van der Waals surface area contributed by atoms with E-state index in [1.807, 2.05) is 0 Å². The third-order valence-electron chi connectivity index (χ3n) is 12.2. The van der Waals surface area contributed by atoms with Gasteiger partial charge in [0, 0.05) is 5.41 Å². The van der Waals surface area contributed by atoms with Crippen LogP contribution in [-0.4, -0.2) is 0 Å². The van der Waals surface area contributed by atoms with Crippen molar-refractivity contribution in [1.82, 2.24) is 0 Å². The van der Waals surface area contributed by atoms with Crippen LogP contribution in [0.25, 0.3) is 98.7 Å². The van der Waals surface area contributed by atoms with E-state index in [2.05, 4.69) is 208 Å². The summed E-state index contributed by atoms with van der Waals surface area (Å²) in [6.45, 7) is 4.81. The maximum atomic E-state index is 2.40. The van der Waals surface area contributed by atoms with Crippen molar-refractivity contribution in [2.45, 2.75) is 19.3 Å². The molecule has 1 aliphatic carbocycles. The Hall–Kier alpha value is -6.76. The average Bonchev–Trinajstić information content (AvgIpc) is 3.49. The first-order chi connectivity index (χ1) is 27.1. The standard InChI is InChI=1S/C55H38/c1-55(2)53-41(26-14-28-49(53)50-34-33-36-16-4-6-19-40(36)54(50)55)37-29-31-38(32-30-37)51-45-22-9-11-24-47(45)52(48-25-12-10-23-46(48)51)44-21-8-7-20-43(44)42-27-13-17-35-15-3-5-18-39(35)42/h3-34H,1-2H3. The molecule has 0 radical (unpaired) electrons. The van der Waals surface area contributed by atoms with E-state index in [1.165, 1.54) is 110 Å². The van der Waals surface area contributed by atoms with Gasteiger partial charge in [-0.1, -0.05) is 208 Å². The Kier molecular flexibility index (Phi) is 7.00. The largest absolute Gasteiger partial charge is 0.0616 e. The predicted molar refractivity (Wildman–Crippen MR) is 236 cm³/mol. The molecule has 0 bridgehead atoms. The van der Waals surface area contributed by atoms with Gasteiger partial charge >= 0.3 is 0 Å². The van der Waals surface area contributed by atoms with Crippen LogP contribution in [0.3, 0.4) is 0 Å². The highest BCUT2D eigenvalue weighted by Gasteiger charge is 2.38. The molecule has 0 unspecified atom stereocenters. The fourth-order valence-electron chi connectivity index (χ4n) is 9.93. The number of rotatable bonds is 4. The molecule has 0 saturated carbocycles. The van der Waals surface area contributed by atoms with Crippen LogP contribution in [0.2, 0.25) is 0 Å². The minimum Gasteiger partial charge on any atom is -0.0616 e. The lowest BCUT2D eigenvalue weighted by Gasteiger charge is -2.26. The van der Waals surface area contributed by atoms with Crippen LogP contribution in [0.5, 0.6) is 0 Å². The molecule has 10 aromatic carbocycles. The quantitative estimate of drug-likeness (QED) is 0.161. The summed E-state index contributed by atoms with van der Waals surface area (Å²) in [6, 6.07) is 72.0. The summed E-state index contributed by atoms with van der Waals surface area (Å²) < 4.78 is 0. The molecule has 0 atom stereocenters. The number of fused-ring (bicyclic) bond motifs is 8. The van der Waals surface area contributed by atoms with Gasteiger partial charge in [-0.05, 0) is 110 Å². The van der Waals surface area contributed by atoms with E-state index in [9.17, 15) is 0 Å². The van der Waals surface area contributed by atoms with E-state index in [4.69, 9.17) is 0 Å². The zero-order valence-corrected chi connectivity index (χ0v) is 31.0. The fourth-order valence-corrected chi connectivity index (χ4v) is 9.93. The summed E-state index contributed by atoms with van der Waals surface area (Å²) in [7, 11) is 0. The molecule has 0 aliphatic heterocycles. The molecule has 0 heterocycles. The summed E-state index contributed by atoms with van der Waals surface area (Å²) >= 11 is 0. The van der Waals surface area contributed by atoms with Gasteiger partial charge in [-0.2, -0.15) is 0 Å². The summed E-state index contributed by atoms with van der Waals surface area (Å²) in [6.07, 6.45) is 0. The SMILES string of the molecule is CC1(C)c2c(-c3ccc(-c4c5ccccc5c(-c5ccccc5-c5cccc6ccccc56)c5ccccc45)cc3)cccc2-c2ccc3ccccc3c21. The molecular formula is C55H38. The Balaban J connectivity index is 1.09. The second-order valence-electron chi connectivity index (χ2n) is 15.6. The van der Waals surface area contributed by atoms with Gasteiger partial charge < -0.3 is 0 Å². The first-order valence-electron chi connectivity index (χ1n) is 19.4. The lowest BCUT2D eigenvalue weighted by molar-refractivity contribution is 0.668. The van der Waals surface area contributed by atoms with Crippen LogP contribution in [0.1, 0.15) is 25.0 Å². The summed E-state index contributed by atoms with van der Waals surface area (Å²) in [5.74, 6) is 0. The van der Waals surface area contributed by atoms with Crippen LogP contribution in [0.4, 0.5) is 0 Å². The Morgan fingerprint density at radius 1 is 0.255 bits per heavy atom. The molecular weight excluding hydrogens is 661 g/mol. The van der Waals surface area contributed by atoms with Gasteiger partial charge in [0.25, 0.3) is 0 Å². The molecule has 0 heteroatoms. The lowest BCUT2D eigenvalue weighted by Crippen LogP contribution is -2.16. The van der Waals surface area contributed by atoms with Crippen LogP contribution >= 0.6 is 0 Å².